The zero-order valence-electron chi connectivity index (χ0n) is 18.6. The summed E-state index contributed by atoms with van der Waals surface area (Å²) in [6.07, 6.45) is 2.49. The van der Waals surface area contributed by atoms with E-state index in [9.17, 15) is 34.8 Å². The molecule has 0 unspecified atom stereocenters. The molecular weight excluding hydrogens is 506 g/mol. The van der Waals surface area contributed by atoms with Gasteiger partial charge in [0.15, 0.2) is 0 Å². The second-order valence-corrected chi connectivity index (χ2v) is 13.1. The second kappa shape index (κ2) is 9.42. The number of hydrogen-bond acceptors (Lipinski definition) is 4. The highest BCUT2D eigenvalue weighted by Crippen LogP contribution is 2.66. The molecule has 2 aromatic rings. The summed E-state index contributed by atoms with van der Waals surface area (Å²) in [7, 11) is -9.50. The van der Waals surface area contributed by atoms with Gasteiger partial charge in [-0.05, 0) is 36.8 Å². The van der Waals surface area contributed by atoms with E-state index in [0.29, 0.717) is 36.0 Å². The maximum Gasteiger partial charge on any atom is 0.438 e. The summed E-state index contributed by atoms with van der Waals surface area (Å²) in [5.74, 6) is -11.0. The topological polar surface area (TPSA) is 52.6 Å². The van der Waals surface area contributed by atoms with Crippen molar-refractivity contribution in [3.8, 4) is 5.75 Å². The largest absolute Gasteiger partial charge is 0.493 e. The van der Waals surface area contributed by atoms with Gasteiger partial charge in [0.25, 0.3) is 0 Å². The average molecular weight is 533 g/mol. The summed E-state index contributed by atoms with van der Waals surface area (Å²) in [5.41, 5.74) is 0. The number of hydrogen-bond donors (Lipinski definition) is 0. The summed E-state index contributed by atoms with van der Waals surface area (Å²) in [4.78, 5) is 0.273. The van der Waals surface area contributed by atoms with Gasteiger partial charge in [-0.2, -0.15) is 34.8 Å². The lowest BCUT2D eigenvalue weighted by Crippen LogP contribution is -2.57. The van der Waals surface area contributed by atoms with Crippen molar-refractivity contribution in [3.63, 3.8) is 0 Å². The molecule has 34 heavy (non-hydrogen) atoms. The van der Waals surface area contributed by atoms with Crippen LogP contribution in [0, 0.1) is 0 Å². The predicted octanol–water partition coefficient (Wildman–Crippen LogP) is 7.12. The first-order valence-electron chi connectivity index (χ1n) is 10.7. The summed E-state index contributed by atoms with van der Waals surface area (Å²) in [6.45, 7) is 1.96. The highest BCUT2D eigenvalue weighted by molar-refractivity contribution is 8.33. The maximum absolute atomic E-state index is 14.4. The first-order valence-corrected chi connectivity index (χ1v) is 14.0. The van der Waals surface area contributed by atoms with Crippen LogP contribution in [0.1, 0.15) is 39.5 Å². The minimum Gasteiger partial charge on any atom is -0.493 e. The van der Waals surface area contributed by atoms with Gasteiger partial charge in [0.2, 0.25) is 0 Å². The molecule has 12 heteroatoms. The number of unbranched alkanes of at least 4 members (excludes halogenated alkanes) is 1. The van der Waals surface area contributed by atoms with Gasteiger partial charge in [-0.1, -0.05) is 47.9 Å². The van der Waals surface area contributed by atoms with Crippen LogP contribution in [0.5, 0.6) is 5.75 Å². The second-order valence-electron chi connectivity index (χ2n) is 8.24. The zero-order valence-corrected chi connectivity index (χ0v) is 20.3. The Bertz CT molecular complexity index is 1130. The van der Waals surface area contributed by atoms with E-state index in [4.69, 9.17) is 8.37 Å². The molecule has 0 radical (unpaired) electrons. The van der Waals surface area contributed by atoms with Gasteiger partial charge in [0.1, 0.15) is 5.75 Å². The first-order chi connectivity index (χ1) is 15.7. The van der Waals surface area contributed by atoms with E-state index in [1.165, 1.54) is 6.07 Å². The Hall–Kier alpha value is -1.66. The van der Waals surface area contributed by atoms with E-state index in [2.05, 4.69) is 0 Å². The van der Waals surface area contributed by atoms with E-state index in [-0.39, 0.29) is 16.4 Å². The van der Waals surface area contributed by atoms with Crippen LogP contribution in [0.4, 0.5) is 26.3 Å². The summed E-state index contributed by atoms with van der Waals surface area (Å²) in [6, 6.07) is 9.75. The van der Waals surface area contributed by atoms with Crippen molar-refractivity contribution in [2.24, 2.45) is 0 Å². The van der Waals surface area contributed by atoms with Gasteiger partial charge in [-0.15, -0.1) is 0 Å². The Morgan fingerprint density at radius 2 is 1.53 bits per heavy atom. The summed E-state index contributed by atoms with van der Waals surface area (Å²) in [5, 5.41) is -5.09. The Morgan fingerprint density at radius 1 is 0.941 bits per heavy atom. The third-order valence-electron chi connectivity index (χ3n) is 5.65. The lowest BCUT2D eigenvalue weighted by Gasteiger charge is -2.38. The molecule has 3 rings (SSSR count). The van der Waals surface area contributed by atoms with Crippen molar-refractivity contribution >= 4 is 31.2 Å². The highest BCUT2D eigenvalue weighted by atomic mass is 32.3. The fourth-order valence-electron chi connectivity index (χ4n) is 3.74. The molecule has 0 amide bonds. The van der Waals surface area contributed by atoms with E-state index in [1.54, 1.807) is 30.3 Å². The van der Waals surface area contributed by atoms with Crippen LogP contribution in [0.15, 0.2) is 41.3 Å². The highest BCUT2D eigenvalue weighted by Gasteiger charge is 2.77. The van der Waals surface area contributed by atoms with Gasteiger partial charge in [-0.25, -0.2) is 3.63 Å². The van der Waals surface area contributed by atoms with Gasteiger partial charge >= 0.3 is 27.2 Å². The van der Waals surface area contributed by atoms with Crippen molar-refractivity contribution in [1.29, 1.82) is 0 Å². The Morgan fingerprint density at radius 3 is 2.09 bits per heavy atom. The Kier molecular flexibility index (Phi) is 7.46. The van der Waals surface area contributed by atoms with Gasteiger partial charge in [0, 0.05) is 28.7 Å². The number of halogens is 6. The van der Waals surface area contributed by atoms with Crippen molar-refractivity contribution in [3.05, 3.63) is 36.4 Å². The van der Waals surface area contributed by atoms with Crippen molar-refractivity contribution in [2.75, 3.05) is 18.1 Å². The van der Waals surface area contributed by atoms with Crippen LogP contribution in [0.3, 0.4) is 0 Å². The molecule has 0 saturated carbocycles. The van der Waals surface area contributed by atoms with Crippen LogP contribution >= 0.6 is 10.3 Å². The number of benzene rings is 2. The molecule has 0 atom stereocenters. The monoisotopic (exact) mass is 532 g/mol. The number of fused-ring (bicyclic) bond motifs is 1. The molecule has 0 aromatic heterocycles. The van der Waals surface area contributed by atoms with Crippen molar-refractivity contribution in [2.45, 2.75) is 61.5 Å². The smallest absolute Gasteiger partial charge is 0.438 e. The molecule has 4 nitrogen and oxygen atoms in total. The van der Waals surface area contributed by atoms with Gasteiger partial charge < -0.3 is 4.74 Å². The third-order valence-corrected chi connectivity index (χ3v) is 11.3. The summed E-state index contributed by atoms with van der Waals surface area (Å²) >= 11 is 0. The maximum atomic E-state index is 14.4. The molecule has 0 aliphatic carbocycles. The average Bonchev–Trinajstić information content (AvgIpc) is 3.21. The quantitative estimate of drug-likeness (QED) is 0.242. The minimum absolute atomic E-state index is 0.0103. The molecular formula is C22H26F6O4S2. The summed E-state index contributed by atoms with van der Waals surface area (Å²) < 4.78 is 119. The number of rotatable bonds is 10. The molecule has 2 aromatic carbocycles. The number of ether oxygens (including phenoxy) is 1. The molecule has 0 spiro atoms. The molecule has 1 aliphatic rings. The molecule has 1 heterocycles. The van der Waals surface area contributed by atoms with Crippen LogP contribution < -0.4 is 4.74 Å². The van der Waals surface area contributed by atoms with E-state index >= 15 is 0 Å². The number of alkyl halides is 6. The minimum atomic E-state index is -6.44. The Balaban J connectivity index is 2.10. The zero-order chi connectivity index (χ0) is 25.4. The third kappa shape index (κ3) is 4.60. The van der Waals surface area contributed by atoms with Crippen LogP contribution in [0.2, 0.25) is 0 Å². The lowest BCUT2D eigenvalue weighted by molar-refractivity contribution is -0.272. The van der Waals surface area contributed by atoms with Crippen LogP contribution in [-0.2, 0) is 13.7 Å². The Labute approximate surface area is 196 Å². The van der Waals surface area contributed by atoms with E-state index in [1.807, 2.05) is 6.92 Å². The standard InChI is InChI=1S/C22H26F6O4S2/c1-3-4-13-31-18-11-12-19(17-10-6-5-9-16(17)18)33(14-7-8-15-33)32-34(29,30)22(27,28)21(25,26)20(2,23)24/h5-6,9-12H,3-4,7-8,13-15H2,1-2H3. The predicted molar refractivity (Wildman–Crippen MR) is 120 cm³/mol. The van der Waals surface area contributed by atoms with Crippen LogP contribution in [0.25, 0.3) is 10.8 Å². The van der Waals surface area contributed by atoms with Gasteiger partial charge in [0.05, 0.1) is 6.61 Å². The fraction of sp³-hybridized carbons (Fsp3) is 0.545. The van der Waals surface area contributed by atoms with Crippen LogP contribution in [-0.4, -0.2) is 43.6 Å². The molecule has 192 valence electrons. The molecule has 0 bridgehead atoms. The molecule has 1 fully saturated rings. The lowest BCUT2D eigenvalue weighted by atomic mass is 10.1. The van der Waals surface area contributed by atoms with E-state index in [0.717, 1.165) is 12.8 Å². The van der Waals surface area contributed by atoms with Crippen molar-refractivity contribution < 1.29 is 43.1 Å². The molecule has 1 saturated heterocycles. The fourth-order valence-corrected chi connectivity index (χ4v) is 9.67. The van der Waals surface area contributed by atoms with Crippen molar-refractivity contribution in [1.82, 2.24) is 0 Å². The molecule has 1 aliphatic heterocycles. The normalized spacial score (nSPS) is 18.2. The van der Waals surface area contributed by atoms with Gasteiger partial charge in [-0.3, -0.25) is 0 Å². The first kappa shape index (κ1) is 26.9. The molecule has 0 N–H and O–H groups in total. The van der Waals surface area contributed by atoms with E-state index < -0.39 is 44.5 Å². The SMILES string of the molecule is CCCCOc1ccc(S2(OS(=O)(=O)C(F)(F)C(F)(F)C(C)(F)F)CCCC2)c2ccccc12.